The Morgan fingerprint density at radius 1 is 1.55 bits per heavy atom. The van der Waals surface area contributed by atoms with Gasteiger partial charge in [-0.2, -0.15) is 0 Å². The van der Waals surface area contributed by atoms with Gasteiger partial charge in [0.2, 0.25) is 0 Å². The highest BCUT2D eigenvalue weighted by molar-refractivity contribution is 6.42. The van der Waals surface area contributed by atoms with Gasteiger partial charge >= 0.3 is 9.28 Å². The van der Waals surface area contributed by atoms with E-state index in [1.54, 1.807) is 0 Å². The topological polar surface area (TPSA) is 81.2 Å². The molecule has 2 unspecified atom stereocenters. The zero-order chi connectivity index (χ0) is 8.69. The predicted octanol–water partition coefficient (Wildman–Crippen LogP) is -0.650. The van der Waals surface area contributed by atoms with Crippen molar-refractivity contribution in [2.75, 3.05) is 13.7 Å². The second-order valence-electron chi connectivity index (χ2n) is 2.58. The molecule has 11 heavy (non-hydrogen) atoms. The third-order valence-electron chi connectivity index (χ3n) is 1.57. The Morgan fingerprint density at radius 2 is 2.18 bits per heavy atom. The van der Waals surface area contributed by atoms with E-state index in [1.165, 1.54) is 7.11 Å². The molecule has 0 rings (SSSR count). The van der Waals surface area contributed by atoms with Crippen molar-refractivity contribution in [3.63, 3.8) is 0 Å². The van der Waals surface area contributed by atoms with Crippen LogP contribution in [0, 0.1) is 0 Å². The second kappa shape index (κ2) is 6.75. The molecule has 0 amide bonds. The first-order valence-electron chi connectivity index (χ1n) is 3.85. The molecule has 4 nitrogen and oxygen atoms in total. The van der Waals surface area contributed by atoms with Crippen LogP contribution in [0.5, 0.6) is 0 Å². The first-order valence-corrected chi connectivity index (χ1v) is 5.61. The van der Waals surface area contributed by atoms with Crippen LogP contribution in [-0.4, -0.2) is 29.0 Å². The minimum atomic E-state index is -2.13. The zero-order valence-electron chi connectivity index (χ0n) is 6.95. The molecule has 0 saturated heterocycles. The van der Waals surface area contributed by atoms with Crippen LogP contribution >= 0.6 is 0 Å². The van der Waals surface area contributed by atoms with Crippen LogP contribution in [0.15, 0.2) is 0 Å². The molecule has 0 aliphatic heterocycles. The molecule has 4 N–H and O–H groups in total. The van der Waals surface area contributed by atoms with E-state index in [2.05, 4.69) is 4.43 Å². The maximum Gasteiger partial charge on any atom is 0.358 e. The van der Waals surface area contributed by atoms with Crippen LogP contribution in [0.2, 0.25) is 6.04 Å². The average molecular weight is 177 g/mol. The van der Waals surface area contributed by atoms with Crippen LogP contribution in [0.25, 0.3) is 0 Å². The molecule has 0 saturated carbocycles. The monoisotopic (exact) mass is 177 g/mol. The number of hydrogen-bond acceptors (Lipinski definition) is 3. The van der Waals surface area contributed by atoms with Gasteiger partial charge in [-0.3, -0.25) is 4.80 Å². The molecule has 0 aromatic heterocycles. The van der Waals surface area contributed by atoms with E-state index in [0.29, 0.717) is 12.6 Å². The first kappa shape index (κ1) is 11.1. The van der Waals surface area contributed by atoms with Crippen LogP contribution in [0.3, 0.4) is 0 Å². The fourth-order valence-corrected chi connectivity index (χ4v) is 1.76. The molecule has 0 aromatic carbocycles. The Kier molecular flexibility index (Phi) is 6.78. The third-order valence-corrected chi connectivity index (χ3v) is 2.90. The molecule has 0 aromatic rings. The summed E-state index contributed by atoms with van der Waals surface area (Å²) in [4.78, 5) is 10.8. The quantitative estimate of drug-likeness (QED) is 0.529. The lowest BCUT2D eigenvalue weighted by Gasteiger charge is -2.10. The molecule has 1 radical (unpaired) electrons. The minimum Gasteiger partial charge on any atom is -0.398 e. The van der Waals surface area contributed by atoms with Crippen molar-refractivity contribution < 1.29 is 9.22 Å². The Hall–Kier alpha value is 0.0569. The largest absolute Gasteiger partial charge is 0.398 e. The van der Waals surface area contributed by atoms with Gasteiger partial charge in [0.1, 0.15) is 0 Å². The molecule has 0 aliphatic rings. The summed E-state index contributed by atoms with van der Waals surface area (Å²) in [6.45, 7) is 0.596. The van der Waals surface area contributed by atoms with Crippen molar-refractivity contribution in [1.82, 2.24) is 0 Å². The predicted molar refractivity (Wildman–Crippen MR) is 45.9 cm³/mol. The van der Waals surface area contributed by atoms with Crippen LogP contribution in [0.4, 0.5) is 0 Å². The molecule has 0 heterocycles. The van der Waals surface area contributed by atoms with E-state index in [1.807, 2.05) is 0 Å². The molecule has 0 bridgehead atoms. The van der Waals surface area contributed by atoms with Crippen molar-refractivity contribution in [2.45, 2.75) is 24.9 Å². The molecular weight excluding hydrogens is 160 g/mol. The molecule has 5 heteroatoms. The van der Waals surface area contributed by atoms with Gasteiger partial charge in [0.25, 0.3) is 0 Å². The van der Waals surface area contributed by atoms with Gasteiger partial charge in [0.05, 0.1) is 0 Å². The Balaban J connectivity index is 3.22. The second-order valence-corrected chi connectivity index (χ2v) is 4.49. The van der Waals surface area contributed by atoms with Crippen molar-refractivity contribution in [2.24, 2.45) is 11.5 Å². The van der Waals surface area contributed by atoms with Gasteiger partial charge in [0.15, 0.2) is 0 Å². The highest BCUT2D eigenvalue weighted by Gasteiger charge is 2.10. The lowest BCUT2D eigenvalue weighted by atomic mass is 10.2. The Labute approximate surface area is 69.4 Å². The van der Waals surface area contributed by atoms with Crippen molar-refractivity contribution >= 4 is 9.28 Å². The maximum absolute atomic E-state index is 10.8. The van der Waals surface area contributed by atoms with Gasteiger partial charge < -0.3 is 15.9 Å². The molecular formula is C6H17N2O2Si. The fourth-order valence-electron chi connectivity index (χ4n) is 0.826. The van der Waals surface area contributed by atoms with E-state index >= 15 is 0 Å². The van der Waals surface area contributed by atoms with Crippen LogP contribution in [-0.2, 0) is 9.22 Å². The maximum atomic E-state index is 10.8. The minimum absolute atomic E-state index is 0.0825. The highest BCUT2D eigenvalue weighted by atomic mass is 28.3. The van der Waals surface area contributed by atoms with Gasteiger partial charge in [-0.05, 0) is 25.4 Å². The number of nitrogens with two attached hydrogens (primary N) is 2. The van der Waals surface area contributed by atoms with Gasteiger partial charge in [0, 0.05) is 13.2 Å². The first-order chi connectivity index (χ1) is 5.20. The molecule has 2 atom stereocenters. The Bertz CT molecular complexity index is 94.7. The summed E-state index contributed by atoms with van der Waals surface area (Å²) in [6, 6.07) is 0.691. The summed E-state index contributed by atoms with van der Waals surface area (Å²) in [5.74, 6) is 0. The molecule has 67 valence electrons. The molecule has 0 spiro atoms. The SMILES string of the molecule is CO[SiH]([O])CCC(N)CCN. The summed E-state index contributed by atoms with van der Waals surface area (Å²) in [5, 5.41) is 0. The van der Waals surface area contributed by atoms with Crippen molar-refractivity contribution in [1.29, 1.82) is 0 Å². The normalized spacial score (nSPS) is 16.4. The summed E-state index contributed by atoms with van der Waals surface area (Å²) < 4.78 is 4.68. The van der Waals surface area contributed by atoms with E-state index in [-0.39, 0.29) is 6.04 Å². The lowest BCUT2D eigenvalue weighted by molar-refractivity contribution is 0.277. The molecule has 0 fully saturated rings. The summed E-state index contributed by atoms with van der Waals surface area (Å²) in [7, 11) is -0.663. The van der Waals surface area contributed by atoms with Crippen molar-refractivity contribution in [3.8, 4) is 0 Å². The van der Waals surface area contributed by atoms with Gasteiger partial charge in [-0.15, -0.1) is 0 Å². The zero-order valence-corrected chi connectivity index (χ0v) is 8.11. The van der Waals surface area contributed by atoms with Crippen molar-refractivity contribution in [3.05, 3.63) is 0 Å². The summed E-state index contributed by atoms with van der Waals surface area (Å²) in [5.41, 5.74) is 10.9. The van der Waals surface area contributed by atoms with E-state index in [4.69, 9.17) is 11.5 Å². The average Bonchev–Trinajstić information content (AvgIpc) is 2.01. The van der Waals surface area contributed by atoms with Crippen LogP contribution in [0.1, 0.15) is 12.8 Å². The fraction of sp³-hybridized carbons (Fsp3) is 1.00. The summed E-state index contributed by atoms with van der Waals surface area (Å²) >= 11 is 0. The summed E-state index contributed by atoms with van der Waals surface area (Å²) in [6.07, 6.45) is 1.55. The van der Waals surface area contributed by atoms with E-state index in [9.17, 15) is 4.80 Å². The van der Waals surface area contributed by atoms with E-state index < -0.39 is 9.28 Å². The van der Waals surface area contributed by atoms with Gasteiger partial charge in [-0.1, -0.05) is 0 Å². The van der Waals surface area contributed by atoms with Gasteiger partial charge in [-0.25, -0.2) is 0 Å². The Morgan fingerprint density at radius 3 is 2.64 bits per heavy atom. The third kappa shape index (κ3) is 6.45. The van der Waals surface area contributed by atoms with Crippen LogP contribution < -0.4 is 11.5 Å². The lowest BCUT2D eigenvalue weighted by Crippen LogP contribution is -2.26. The smallest absolute Gasteiger partial charge is 0.358 e. The molecule has 0 aliphatic carbocycles. The number of rotatable bonds is 6. The number of hydrogen-bond donors (Lipinski definition) is 2. The standard InChI is InChI=1S/C6H17N2O2Si/c1-10-11(9)5-3-6(8)2-4-7/h6,11H,2-5,7-8H2,1H3. The highest BCUT2D eigenvalue weighted by Crippen LogP contribution is 2.01. The van der Waals surface area contributed by atoms with E-state index in [0.717, 1.165) is 12.8 Å².